The fourth-order valence-electron chi connectivity index (χ4n) is 2.94. The monoisotopic (exact) mass is 268 g/mol. The Balaban J connectivity index is 2.04. The van der Waals surface area contributed by atoms with Gasteiger partial charge in [-0.15, -0.1) is 0 Å². The van der Waals surface area contributed by atoms with E-state index in [2.05, 4.69) is 25.1 Å². The van der Waals surface area contributed by atoms with Crippen molar-refractivity contribution in [3.8, 4) is 5.75 Å². The van der Waals surface area contributed by atoms with E-state index in [1.54, 1.807) is 0 Å². The van der Waals surface area contributed by atoms with E-state index in [9.17, 15) is 5.11 Å². The quantitative estimate of drug-likeness (QED) is 0.846. The summed E-state index contributed by atoms with van der Waals surface area (Å²) in [6, 6.07) is 14.3. The number of hydrogen-bond donors (Lipinski definition) is 1. The molecule has 0 fully saturated rings. The second kappa shape index (κ2) is 4.64. The molecule has 0 saturated heterocycles. The van der Waals surface area contributed by atoms with Crippen LogP contribution in [0.3, 0.4) is 0 Å². The number of aryl methyl sites for hydroxylation is 2. The van der Waals surface area contributed by atoms with Crippen molar-refractivity contribution < 1.29 is 9.84 Å². The van der Waals surface area contributed by atoms with E-state index in [0.717, 1.165) is 22.4 Å². The van der Waals surface area contributed by atoms with Gasteiger partial charge >= 0.3 is 0 Å². The molecule has 2 aromatic carbocycles. The molecule has 0 radical (unpaired) electrons. The van der Waals surface area contributed by atoms with Gasteiger partial charge in [-0.05, 0) is 38.5 Å². The van der Waals surface area contributed by atoms with E-state index in [4.69, 9.17) is 4.74 Å². The minimum absolute atomic E-state index is 0.478. The summed E-state index contributed by atoms with van der Waals surface area (Å²) in [5.41, 5.74) is 3.88. The number of benzene rings is 2. The molecule has 0 spiro atoms. The zero-order valence-corrected chi connectivity index (χ0v) is 12.2. The van der Waals surface area contributed by atoms with E-state index < -0.39 is 11.7 Å². The van der Waals surface area contributed by atoms with Crippen LogP contribution >= 0.6 is 0 Å². The molecule has 104 valence electrons. The number of aliphatic hydroxyl groups excluding tert-OH is 1. The molecule has 0 aliphatic carbocycles. The van der Waals surface area contributed by atoms with E-state index in [1.807, 2.05) is 38.1 Å². The van der Waals surface area contributed by atoms with Gasteiger partial charge in [-0.2, -0.15) is 0 Å². The summed E-state index contributed by atoms with van der Waals surface area (Å²) >= 11 is 0. The van der Waals surface area contributed by atoms with Crippen molar-refractivity contribution >= 4 is 0 Å². The summed E-state index contributed by atoms with van der Waals surface area (Å²) in [6.45, 7) is 6.15. The zero-order valence-electron chi connectivity index (χ0n) is 12.2. The van der Waals surface area contributed by atoms with Gasteiger partial charge in [0, 0.05) is 12.0 Å². The molecule has 0 bridgehead atoms. The predicted molar refractivity (Wildman–Crippen MR) is 79.9 cm³/mol. The van der Waals surface area contributed by atoms with Crippen LogP contribution < -0.4 is 4.74 Å². The first-order valence-electron chi connectivity index (χ1n) is 7.03. The Morgan fingerprint density at radius 3 is 2.60 bits per heavy atom. The molecule has 3 rings (SSSR count). The molecule has 1 heterocycles. The van der Waals surface area contributed by atoms with Crippen LogP contribution in [0.1, 0.15) is 41.7 Å². The topological polar surface area (TPSA) is 29.5 Å². The summed E-state index contributed by atoms with van der Waals surface area (Å²) in [5, 5.41) is 10.5. The molecule has 2 heteroatoms. The van der Waals surface area contributed by atoms with Crippen LogP contribution in [0.25, 0.3) is 0 Å². The van der Waals surface area contributed by atoms with Crippen molar-refractivity contribution in [2.45, 2.75) is 38.9 Å². The molecule has 2 aromatic rings. The van der Waals surface area contributed by atoms with Crippen LogP contribution in [0, 0.1) is 13.8 Å². The lowest BCUT2D eigenvalue weighted by molar-refractivity contribution is -0.00493. The van der Waals surface area contributed by atoms with Crippen LogP contribution in [0.5, 0.6) is 5.75 Å². The maximum atomic E-state index is 10.5. The van der Waals surface area contributed by atoms with Crippen LogP contribution in [0.15, 0.2) is 42.5 Å². The minimum atomic E-state index is -0.482. The predicted octanol–water partition coefficient (Wildman–Crippen LogP) is 4.03. The van der Waals surface area contributed by atoms with Crippen molar-refractivity contribution in [3.63, 3.8) is 0 Å². The Labute approximate surface area is 120 Å². The first-order valence-corrected chi connectivity index (χ1v) is 7.03. The molecule has 1 N–H and O–H groups in total. The summed E-state index contributed by atoms with van der Waals surface area (Å²) in [6.07, 6.45) is 0.0940. The Kier molecular flexibility index (Phi) is 3.06. The van der Waals surface area contributed by atoms with Gasteiger partial charge in [0.2, 0.25) is 0 Å². The molecule has 20 heavy (non-hydrogen) atoms. The van der Waals surface area contributed by atoms with Crippen molar-refractivity contribution in [3.05, 3.63) is 64.7 Å². The molecule has 1 unspecified atom stereocenters. The van der Waals surface area contributed by atoms with Crippen LogP contribution in [0.4, 0.5) is 0 Å². The van der Waals surface area contributed by atoms with Crippen molar-refractivity contribution in [2.75, 3.05) is 0 Å². The first-order chi connectivity index (χ1) is 9.48. The third kappa shape index (κ3) is 2.20. The molecule has 0 aromatic heterocycles. The van der Waals surface area contributed by atoms with E-state index in [0.29, 0.717) is 6.42 Å². The van der Waals surface area contributed by atoms with Gasteiger partial charge in [0.15, 0.2) is 0 Å². The zero-order chi connectivity index (χ0) is 14.3. The normalized spacial score (nSPS) is 24.9. The Bertz CT molecular complexity index is 648. The second-order valence-corrected chi connectivity index (χ2v) is 5.96. The maximum absolute atomic E-state index is 10.5. The van der Waals surface area contributed by atoms with Crippen molar-refractivity contribution in [2.24, 2.45) is 0 Å². The standard InChI is InChI=1S/C18H20O2/c1-12-5-4-6-14(9-12)18(3)11-16(19)15-10-13(2)7-8-17(15)20-18/h4-10,16,19H,11H2,1-3H3/t16-,18?/m1/s1. The highest BCUT2D eigenvalue weighted by Gasteiger charge is 2.38. The van der Waals surface area contributed by atoms with Gasteiger partial charge in [0.25, 0.3) is 0 Å². The molecular formula is C18H20O2. The largest absolute Gasteiger partial charge is 0.482 e. The lowest BCUT2D eigenvalue weighted by atomic mass is 9.84. The number of aliphatic hydroxyl groups is 1. The number of ether oxygens (including phenoxy) is 1. The number of fused-ring (bicyclic) bond motifs is 1. The highest BCUT2D eigenvalue weighted by molar-refractivity contribution is 5.42. The lowest BCUT2D eigenvalue weighted by Crippen LogP contribution is -2.35. The Hall–Kier alpha value is -1.80. The molecule has 1 aliphatic rings. The highest BCUT2D eigenvalue weighted by atomic mass is 16.5. The first kappa shape index (κ1) is 13.2. The Morgan fingerprint density at radius 2 is 1.85 bits per heavy atom. The Morgan fingerprint density at radius 1 is 1.10 bits per heavy atom. The molecular weight excluding hydrogens is 248 g/mol. The smallest absolute Gasteiger partial charge is 0.134 e. The van der Waals surface area contributed by atoms with E-state index in [1.165, 1.54) is 5.56 Å². The van der Waals surface area contributed by atoms with Gasteiger partial charge in [-0.1, -0.05) is 41.5 Å². The average Bonchev–Trinajstić information content (AvgIpc) is 2.40. The number of rotatable bonds is 1. The fourth-order valence-corrected chi connectivity index (χ4v) is 2.94. The third-order valence-electron chi connectivity index (χ3n) is 4.07. The molecule has 0 saturated carbocycles. The molecule has 2 atom stereocenters. The van der Waals surface area contributed by atoms with Gasteiger partial charge < -0.3 is 9.84 Å². The average molecular weight is 268 g/mol. The van der Waals surface area contributed by atoms with Crippen molar-refractivity contribution in [1.82, 2.24) is 0 Å². The van der Waals surface area contributed by atoms with Gasteiger partial charge in [0.1, 0.15) is 11.4 Å². The fraction of sp³-hybridized carbons (Fsp3) is 0.333. The summed E-state index contributed by atoms with van der Waals surface area (Å²) in [5.74, 6) is 0.790. The molecule has 0 amide bonds. The van der Waals surface area contributed by atoms with Gasteiger partial charge in [0.05, 0.1) is 6.10 Å². The van der Waals surface area contributed by atoms with Crippen LogP contribution in [-0.4, -0.2) is 5.11 Å². The lowest BCUT2D eigenvalue weighted by Gasteiger charge is -2.39. The van der Waals surface area contributed by atoms with Gasteiger partial charge in [-0.25, -0.2) is 0 Å². The SMILES string of the molecule is Cc1cccc(C2(C)C[C@@H](O)c3cc(C)ccc3O2)c1. The van der Waals surface area contributed by atoms with Crippen LogP contribution in [-0.2, 0) is 5.60 Å². The van der Waals surface area contributed by atoms with Crippen LogP contribution in [0.2, 0.25) is 0 Å². The summed E-state index contributed by atoms with van der Waals surface area (Å²) < 4.78 is 6.23. The van der Waals surface area contributed by atoms with E-state index >= 15 is 0 Å². The number of hydrogen-bond acceptors (Lipinski definition) is 2. The van der Waals surface area contributed by atoms with Crippen molar-refractivity contribution in [1.29, 1.82) is 0 Å². The summed E-state index contributed by atoms with van der Waals surface area (Å²) in [7, 11) is 0. The maximum Gasteiger partial charge on any atom is 0.134 e. The highest BCUT2D eigenvalue weighted by Crippen LogP contribution is 2.44. The summed E-state index contributed by atoms with van der Waals surface area (Å²) in [4.78, 5) is 0. The molecule has 1 aliphatic heterocycles. The van der Waals surface area contributed by atoms with E-state index in [-0.39, 0.29) is 0 Å². The second-order valence-electron chi connectivity index (χ2n) is 5.96. The molecule has 2 nitrogen and oxygen atoms in total. The minimum Gasteiger partial charge on any atom is -0.482 e. The third-order valence-corrected chi connectivity index (χ3v) is 4.07. The van der Waals surface area contributed by atoms with Gasteiger partial charge in [-0.3, -0.25) is 0 Å².